The molecule has 0 saturated heterocycles. The first kappa shape index (κ1) is 25.4. The molecule has 0 atom stereocenters. The minimum atomic E-state index is 0.637. The molecule has 0 aliphatic rings. The van der Waals surface area contributed by atoms with Crippen LogP contribution in [0.2, 0.25) is 0 Å². The van der Waals surface area contributed by atoms with Crippen LogP contribution in [0.5, 0.6) is 0 Å². The van der Waals surface area contributed by atoms with Crippen molar-refractivity contribution in [2.45, 2.75) is 0 Å². The molecule has 10 rings (SSSR count). The van der Waals surface area contributed by atoms with Crippen LogP contribution in [0.3, 0.4) is 0 Å². The van der Waals surface area contributed by atoms with E-state index in [9.17, 15) is 0 Å². The van der Waals surface area contributed by atoms with Gasteiger partial charge in [-0.15, -0.1) is 11.3 Å². The number of para-hydroxylation sites is 3. The maximum atomic E-state index is 6.37. The third-order valence-electron chi connectivity index (χ3n) is 8.89. The Morgan fingerprint density at radius 1 is 0.500 bits per heavy atom. The molecule has 216 valence electrons. The lowest BCUT2D eigenvalue weighted by molar-refractivity contribution is 0.620. The number of oxazole rings is 1. The molecule has 4 nitrogen and oxygen atoms in total. The smallest absolute Gasteiger partial charge is 0.227 e. The molecular formula is C41H24N2O2S. The van der Waals surface area contributed by atoms with Gasteiger partial charge in [-0.25, -0.2) is 4.98 Å². The van der Waals surface area contributed by atoms with E-state index in [-0.39, 0.29) is 0 Å². The predicted octanol–water partition coefficient (Wildman–Crippen LogP) is 12.4. The van der Waals surface area contributed by atoms with Gasteiger partial charge in [0.2, 0.25) is 5.89 Å². The number of thiophene rings is 1. The summed E-state index contributed by atoms with van der Waals surface area (Å²) in [5.41, 5.74) is 7.60. The Labute approximate surface area is 267 Å². The van der Waals surface area contributed by atoms with Crippen molar-refractivity contribution in [2.75, 3.05) is 4.90 Å². The van der Waals surface area contributed by atoms with Crippen molar-refractivity contribution >= 4 is 92.4 Å². The van der Waals surface area contributed by atoms with E-state index >= 15 is 0 Å². The fourth-order valence-electron chi connectivity index (χ4n) is 6.80. The second-order valence-corrected chi connectivity index (χ2v) is 12.6. The highest BCUT2D eigenvalue weighted by Crippen LogP contribution is 2.46. The summed E-state index contributed by atoms with van der Waals surface area (Å²) >= 11 is 1.79. The summed E-state index contributed by atoms with van der Waals surface area (Å²) < 4.78 is 15.1. The molecule has 10 aromatic rings. The number of benzene rings is 7. The number of nitrogens with zero attached hydrogens (tertiary/aromatic N) is 2. The van der Waals surface area contributed by atoms with Crippen LogP contribution >= 0.6 is 11.3 Å². The number of fused-ring (bicyclic) bond motifs is 8. The molecule has 0 bridgehead atoms. The van der Waals surface area contributed by atoms with Gasteiger partial charge in [-0.1, -0.05) is 72.8 Å². The Hall–Kier alpha value is -5.91. The number of anilines is 3. The van der Waals surface area contributed by atoms with Crippen molar-refractivity contribution in [1.82, 2.24) is 4.98 Å². The summed E-state index contributed by atoms with van der Waals surface area (Å²) in [6.07, 6.45) is 0. The Kier molecular flexibility index (Phi) is 5.41. The molecule has 0 fully saturated rings. The molecule has 5 heteroatoms. The minimum absolute atomic E-state index is 0.637. The van der Waals surface area contributed by atoms with E-state index in [1.54, 1.807) is 11.3 Å². The van der Waals surface area contributed by atoms with Gasteiger partial charge in [0.15, 0.2) is 5.58 Å². The van der Waals surface area contributed by atoms with Crippen LogP contribution in [0.1, 0.15) is 0 Å². The number of furan rings is 1. The number of hydrogen-bond acceptors (Lipinski definition) is 5. The van der Waals surface area contributed by atoms with Gasteiger partial charge in [0.25, 0.3) is 0 Å². The molecule has 0 N–H and O–H groups in total. The van der Waals surface area contributed by atoms with Crippen LogP contribution in [0.25, 0.3) is 75.4 Å². The molecule has 0 radical (unpaired) electrons. The fraction of sp³-hybridized carbons (Fsp3) is 0. The van der Waals surface area contributed by atoms with Crippen molar-refractivity contribution in [3.05, 3.63) is 146 Å². The Morgan fingerprint density at radius 3 is 2.17 bits per heavy atom. The minimum Gasteiger partial charge on any atom is -0.456 e. The van der Waals surface area contributed by atoms with E-state index in [0.717, 1.165) is 61.1 Å². The van der Waals surface area contributed by atoms with E-state index in [1.165, 1.54) is 25.6 Å². The largest absolute Gasteiger partial charge is 0.456 e. The zero-order valence-electron chi connectivity index (χ0n) is 24.5. The molecule has 0 aliphatic carbocycles. The van der Waals surface area contributed by atoms with Crippen molar-refractivity contribution < 1.29 is 8.83 Å². The lowest BCUT2D eigenvalue weighted by Crippen LogP contribution is -2.10. The standard InChI is InChI=1S/C41H24N2O2S/c1-2-11-28-25(9-1)10-7-15-34(28)43(27-19-21-30-29-12-3-5-16-35(29)44-37(30)24-27)26-20-22-38-32(23-26)40-31(13-8-18-39(40)46-38)41-42-33-14-4-6-17-36(33)45-41/h1-24H. The molecule has 0 aliphatic heterocycles. The Morgan fingerprint density at radius 2 is 1.24 bits per heavy atom. The zero-order chi connectivity index (χ0) is 30.2. The maximum Gasteiger partial charge on any atom is 0.227 e. The van der Waals surface area contributed by atoms with Crippen LogP contribution in [0.4, 0.5) is 17.1 Å². The molecule has 7 aromatic carbocycles. The number of aromatic nitrogens is 1. The summed E-state index contributed by atoms with van der Waals surface area (Å²) in [5, 5.41) is 6.93. The third kappa shape index (κ3) is 3.82. The van der Waals surface area contributed by atoms with E-state index in [2.05, 4.69) is 114 Å². The van der Waals surface area contributed by atoms with Crippen LogP contribution in [0.15, 0.2) is 154 Å². The quantitative estimate of drug-likeness (QED) is 0.199. The molecular weight excluding hydrogens is 585 g/mol. The van der Waals surface area contributed by atoms with E-state index < -0.39 is 0 Å². The topological polar surface area (TPSA) is 42.4 Å². The van der Waals surface area contributed by atoms with Gasteiger partial charge in [-0.05, 0) is 72.1 Å². The SMILES string of the molecule is c1ccc2c(N(c3ccc4c(c3)oc3ccccc34)c3ccc4sc5cccc(-c6nc7ccccc7o6)c5c4c3)cccc2c1. The summed E-state index contributed by atoms with van der Waals surface area (Å²) in [6.45, 7) is 0. The van der Waals surface area contributed by atoms with Crippen molar-refractivity contribution in [3.8, 4) is 11.5 Å². The second kappa shape index (κ2) is 9.80. The van der Waals surface area contributed by atoms with Crippen LogP contribution in [0, 0.1) is 0 Å². The van der Waals surface area contributed by atoms with Gasteiger partial charge in [0, 0.05) is 59.3 Å². The summed E-state index contributed by atoms with van der Waals surface area (Å²) in [6, 6.07) is 50.9. The number of rotatable bonds is 4. The highest BCUT2D eigenvalue weighted by molar-refractivity contribution is 7.26. The Balaban J connectivity index is 1.23. The first-order valence-corrected chi connectivity index (χ1v) is 16.1. The van der Waals surface area contributed by atoms with Gasteiger partial charge >= 0.3 is 0 Å². The van der Waals surface area contributed by atoms with E-state index in [1.807, 2.05) is 36.4 Å². The molecule has 3 heterocycles. The molecule has 3 aromatic heterocycles. The highest BCUT2D eigenvalue weighted by Gasteiger charge is 2.20. The van der Waals surface area contributed by atoms with Gasteiger partial charge in [0.05, 0.1) is 5.69 Å². The van der Waals surface area contributed by atoms with Gasteiger partial charge in [-0.3, -0.25) is 0 Å². The Bertz CT molecular complexity index is 2750. The second-order valence-electron chi connectivity index (χ2n) is 11.6. The maximum absolute atomic E-state index is 6.37. The molecule has 0 saturated carbocycles. The van der Waals surface area contributed by atoms with Gasteiger partial charge in [0.1, 0.15) is 16.7 Å². The van der Waals surface area contributed by atoms with E-state index in [0.29, 0.717) is 5.89 Å². The van der Waals surface area contributed by atoms with E-state index in [4.69, 9.17) is 13.8 Å². The summed E-state index contributed by atoms with van der Waals surface area (Å²) in [7, 11) is 0. The summed E-state index contributed by atoms with van der Waals surface area (Å²) in [4.78, 5) is 7.22. The predicted molar refractivity (Wildman–Crippen MR) is 192 cm³/mol. The highest BCUT2D eigenvalue weighted by atomic mass is 32.1. The molecule has 0 spiro atoms. The van der Waals surface area contributed by atoms with Crippen molar-refractivity contribution in [3.63, 3.8) is 0 Å². The summed E-state index contributed by atoms with van der Waals surface area (Å²) in [5.74, 6) is 0.637. The zero-order valence-corrected chi connectivity index (χ0v) is 25.3. The number of hydrogen-bond donors (Lipinski definition) is 0. The molecule has 0 amide bonds. The first-order valence-electron chi connectivity index (χ1n) is 15.3. The van der Waals surface area contributed by atoms with Crippen LogP contribution < -0.4 is 4.90 Å². The lowest BCUT2D eigenvalue weighted by atomic mass is 10.0. The van der Waals surface area contributed by atoms with Gasteiger partial charge < -0.3 is 13.7 Å². The van der Waals surface area contributed by atoms with Crippen LogP contribution in [-0.2, 0) is 0 Å². The molecule has 46 heavy (non-hydrogen) atoms. The third-order valence-corrected chi connectivity index (χ3v) is 10.0. The average Bonchev–Trinajstić information content (AvgIpc) is 3.81. The van der Waals surface area contributed by atoms with Gasteiger partial charge in [-0.2, -0.15) is 0 Å². The molecule has 0 unspecified atom stereocenters. The fourth-order valence-corrected chi connectivity index (χ4v) is 7.92. The van der Waals surface area contributed by atoms with Crippen molar-refractivity contribution in [1.29, 1.82) is 0 Å². The normalized spacial score (nSPS) is 11.9. The van der Waals surface area contributed by atoms with Crippen molar-refractivity contribution in [2.24, 2.45) is 0 Å². The van der Waals surface area contributed by atoms with Crippen LogP contribution in [-0.4, -0.2) is 4.98 Å². The lowest BCUT2D eigenvalue weighted by Gasteiger charge is -2.27. The first-order chi connectivity index (χ1) is 22.8. The average molecular weight is 609 g/mol. The monoisotopic (exact) mass is 608 g/mol.